The van der Waals surface area contributed by atoms with E-state index in [1.54, 1.807) is 12.2 Å². The average Bonchev–Trinajstić information content (AvgIpc) is 3.27. The van der Waals surface area contributed by atoms with E-state index in [9.17, 15) is 19.2 Å². The number of carbonyl (C=O) groups is 2. The lowest BCUT2D eigenvalue weighted by Crippen LogP contribution is -2.47. The molecule has 1 aliphatic rings. The van der Waals surface area contributed by atoms with Crippen molar-refractivity contribution in [3.63, 3.8) is 0 Å². The van der Waals surface area contributed by atoms with E-state index in [1.807, 2.05) is 12.2 Å². The highest BCUT2D eigenvalue weighted by Crippen LogP contribution is 2.45. The predicted molar refractivity (Wildman–Crippen MR) is 124 cm³/mol. The van der Waals surface area contributed by atoms with Crippen LogP contribution in [0.3, 0.4) is 0 Å². The van der Waals surface area contributed by atoms with Crippen molar-refractivity contribution in [1.29, 1.82) is 0 Å². The van der Waals surface area contributed by atoms with Gasteiger partial charge in [-0.2, -0.15) is 0 Å². The van der Waals surface area contributed by atoms with Gasteiger partial charge in [0.25, 0.3) is 0 Å². The Labute approximate surface area is 190 Å². The lowest BCUT2D eigenvalue weighted by atomic mass is 9.68. The molecule has 178 valence electrons. The van der Waals surface area contributed by atoms with Gasteiger partial charge in [-0.3, -0.25) is 9.59 Å². The second kappa shape index (κ2) is 15.6. The smallest absolute Gasteiger partial charge is 0.318 e. The summed E-state index contributed by atoms with van der Waals surface area (Å²) in [6, 6.07) is 0. The number of ketones is 1. The number of aliphatic hydroxyl groups is 2. The zero-order chi connectivity index (χ0) is 23.1. The summed E-state index contributed by atoms with van der Waals surface area (Å²) in [5, 5.41) is 20.0. The topological polar surface area (TPSA) is 107 Å². The summed E-state index contributed by atoms with van der Waals surface area (Å²) in [6.07, 6.45) is 16.6. The molecule has 3 atom stereocenters. The van der Waals surface area contributed by atoms with Crippen LogP contribution in [0.4, 0.5) is 0 Å². The first-order valence-corrected chi connectivity index (χ1v) is 13.1. The molecule has 0 bridgehead atoms. The minimum Gasteiger partial charge on any atom is -0.616 e. The highest BCUT2D eigenvalue weighted by molar-refractivity contribution is 7.91. The molecule has 0 aromatic carbocycles. The molecule has 6 nitrogen and oxygen atoms in total. The highest BCUT2D eigenvalue weighted by atomic mass is 32.2. The van der Waals surface area contributed by atoms with Crippen molar-refractivity contribution in [1.82, 2.24) is 0 Å². The maximum atomic E-state index is 13.0. The van der Waals surface area contributed by atoms with Gasteiger partial charge in [0.15, 0.2) is 11.5 Å². The fourth-order valence-corrected chi connectivity index (χ4v) is 4.97. The number of esters is 1. The van der Waals surface area contributed by atoms with Gasteiger partial charge in [0.1, 0.15) is 5.41 Å². The van der Waals surface area contributed by atoms with Crippen LogP contribution in [0.2, 0.25) is 0 Å². The molecule has 2 N–H and O–H groups in total. The first-order valence-electron chi connectivity index (χ1n) is 11.4. The number of hydrogen-bond donors (Lipinski definition) is 2. The van der Waals surface area contributed by atoms with Crippen molar-refractivity contribution in [2.75, 3.05) is 25.7 Å². The SMILES string of the molecule is COC(=O)[C@](C=CCCCCCCO)(C1CCCC1)[C@H](O)C/C=C/CC(=O)C[S+](C)[O-]. The van der Waals surface area contributed by atoms with Crippen LogP contribution in [-0.4, -0.2) is 58.3 Å². The molecule has 1 unspecified atom stereocenters. The third-order valence-electron chi connectivity index (χ3n) is 6.03. The second-order valence-corrected chi connectivity index (χ2v) is 9.85. The Morgan fingerprint density at radius 1 is 1.16 bits per heavy atom. The Bertz CT molecular complexity index is 583. The van der Waals surface area contributed by atoms with E-state index in [0.717, 1.165) is 57.8 Å². The molecule has 0 aromatic rings. The van der Waals surface area contributed by atoms with Gasteiger partial charge in [-0.05, 0) is 55.6 Å². The van der Waals surface area contributed by atoms with Crippen molar-refractivity contribution in [3.05, 3.63) is 24.3 Å². The number of methoxy groups -OCH3 is 1. The van der Waals surface area contributed by atoms with Gasteiger partial charge in [-0.1, -0.05) is 50.0 Å². The van der Waals surface area contributed by atoms with Gasteiger partial charge in [0, 0.05) is 13.0 Å². The zero-order valence-corrected chi connectivity index (χ0v) is 19.9. The summed E-state index contributed by atoms with van der Waals surface area (Å²) in [5.74, 6) is -0.461. The summed E-state index contributed by atoms with van der Waals surface area (Å²) in [6.45, 7) is 0.213. The standard InChI is InChI=1S/C24H40O6S/c1-30-23(28)24(20-13-7-8-14-20,17-11-5-3-4-6-12-18-25)22(27)16-10-9-15-21(26)19-31(2)29/h9-11,17,20,22,25,27H,3-8,12-16,18-19H2,1-2H3/b10-9+,17-11?/t22-,24-,31?/m1/s1. The van der Waals surface area contributed by atoms with E-state index >= 15 is 0 Å². The van der Waals surface area contributed by atoms with Crippen molar-refractivity contribution >= 4 is 22.9 Å². The third kappa shape index (κ3) is 9.48. The first-order chi connectivity index (χ1) is 14.9. The maximum absolute atomic E-state index is 13.0. The van der Waals surface area contributed by atoms with Crippen LogP contribution in [0.1, 0.15) is 70.6 Å². The fourth-order valence-electron chi connectivity index (χ4n) is 4.40. The molecule has 1 saturated carbocycles. The Hall–Kier alpha value is -1.15. The number of Topliss-reactive ketones (excluding diaryl/α,β-unsaturated/α-hetero) is 1. The van der Waals surface area contributed by atoms with Crippen molar-refractivity contribution in [3.8, 4) is 0 Å². The molecule has 1 aliphatic carbocycles. The molecule has 7 heteroatoms. The molecular weight excluding hydrogens is 416 g/mol. The molecule has 31 heavy (non-hydrogen) atoms. The predicted octanol–water partition coefficient (Wildman–Crippen LogP) is 3.48. The number of unbranched alkanes of at least 4 members (excludes halogenated alkanes) is 4. The third-order valence-corrected chi connectivity index (χ3v) is 6.76. The van der Waals surface area contributed by atoms with Crippen LogP contribution in [0.25, 0.3) is 0 Å². The lowest BCUT2D eigenvalue weighted by Gasteiger charge is -2.37. The van der Waals surface area contributed by atoms with E-state index in [4.69, 9.17) is 9.84 Å². The van der Waals surface area contributed by atoms with E-state index in [-0.39, 0.29) is 36.9 Å². The summed E-state index contributed by atoms with van der Waals surface area (Å²) in [4.78, 5) is 24.7. The largest absolute Gasteiger partial charge is 0.616 e. The summed E-state index contributed by atoms with van der Waals surface area (Å²) in [5.41, 5.74) is -1.09. The highest BCUT2D eigenvalue weighted by Gasteiger charge is 2.50. The molecule has 0 amide bonds. The van der Waals surface area contributed by atoms with Gasteiger partial charge in [-0.25, -0.2) is 0 Å². The molecule has 0 heterocycles. The minimum absolute atomic E-state index is 0.0260. The van der Waals surface area contributed by atoms with E-state index in [1.165, 1.54) is 13.4 Å². The van der Waals surface area contributed by atoms with E-state index in [0.29, 0.717) is 0 Å². The number of aliphatic hydroxyl groups excluding tert-OH is 2. The molecular formula is C24H40O6S. The molecule has 0 radical (unpaired) electrons. The van der Waals surface area contributed by atoms with Gasteiger partial charge in [-0.15, -0.1) is 0 Å². The summed E-state index contributed by atoms with van der Waals surface area (Å²) < 4.78 is 16.3. The zero-order valence-electron chi connectivity index (χ0n) is 19.1. The number of rotatable bonds is 16. The van der Waals surface area contributed by atoms with Gasteiger partial charge >= 0.3 is 5.97 Å². The second-order valence-electron chi connectivity index (χ2n) is 8.42. The first kappa shape index (κ1) is 27.9. The van der Waals surface area contributed by atoms with E-state index < -0.39 is 28.7 Å². The molecule has 1 rings (SSSR count). The Morgan fingerprint density at radius 3 is 2.45 bits per heavy atom. The van der Waals surface area contributed by atoms with Crippen molar-refractivity contribution in [2.45, 2.75) is 76.7 Å². The van der Waals surface area contributed by atoms with Crippen LogP contribution in [0.15, 0.2) is 24.3 Å². The molecule has 1 fully saturated rings. The van der Waals surface area contributed by atoms with E-state index in [2.05, 4.69) is 0 Å². The molecule has 0 saturated heterocycles. The van der Waals surface area contributed by atoms with Crippen LogP contribution in [0, 0.1) is 11.3 Å². The van der Waals surface area contributed by atoms with Gasteiger partial charge in [0.2, 0.25) is 0 Å². The van der Waals surface area contributed by atoms with Crippen LogP contribution >= 0.6 is 0 Å². The Morgan fingerprint density at radius 2 is 1.84 bits per heavy atom. The quantitative estimate of drug-likeness (QED) is 0.159. The van der Waals surface area contributed by atoms with Crippen LogP contribution < -0.4 is 0 Å². The van der Waals surface area contributed by atoms with Crippen LogP contribution in [-0.2, 0) is 25.5 Å². The maximum Gasteiger partial charge on any atom is 0.318 e. The monoisotopic (exact) mass is 456 g/mol. The normalized spacial score (nSPS) is 19.0. The van der Waals surface area contributed by atoms with Gasteiger partial charge in [0.05, 0.1) is 19.5 Å². The molecule has 0 spiro atoms. The van der Waals surface area contributed by atoms with Gasteiger partial charge < -0.3 is 19.5 Å². The van der Waals surface area contributed by atoms with Crippen molar-refractivity contribution < 1.29 is 29.1 Å². The number of hydrogen-bond acceptors (Lipinski definition) is 6. The number of carbonyl (C=O) groups excluding carboxylic acids is 2. The minimum atomic E-state index is -1.16. The average molecular weight is 457 g/mol. The number of ether oxygens (including phenoxy) is 1. The Balaban J connectivity index is 2.86. The Kier molecular flexibility index (Phi) is 14.0. The van der Waals surface area contributed by atoms with Crippen LogP contribution in [0.5, 0.6) is 0 Å². The lowest BCUT2D eigenvalue weighted by molar-refractivity contribution is -0.160. The summed E-state index contributed by atoms with van der Waals surface area (Å²) in [7, 11) is 1.36. The molecule has 0 aliphatic heterocycles. The van der Waals surface area contributed by atoms with Crippen molar-refractivity contribution in [2.24, 2.45) is 11.3 Å². The fraction of sp³-hybridized carbons (Fsp3) is 0.750. The molecule has 0 aromatic heterocycles. The number of allylic oxidation sites excluding steroid dienone is 2. The summed E-state index contributed by atoms with van der Waals surface area (Å²) >= 11 is -1.16.